The highest BCUT2D eigenvalue weighted by atomic mass is 19.1. The van der Waals surface area contributed by atoms with E-state index in [1.54, 1.807) is 36.4 Å². The summed E-state index contributed by atoms with van der Waals surface area (Å²) in [7, 11) is 0. The fourth-order valence-corrected chi connectivity index (χ4v) is 2.72. The summed E-state index contributed by atoms with van der Waals surface area (Å²) in [6, 6.07) is 12.8. The quantitative estimate of drug-likeness (QED) is 0.821. The van der Waals surface area contributed by atoms with Gasteiger partial charge in [0, 0.05) is 11.5 Å². The first-order chi connectivity index (χ1) is 12.1. The number of ether oxygens (including phenoxy) is 1. The molecule has 2 amide bonds. The Balaban J connectivity index is 1.49. The lowest BCUT2D eigenvalue weighted by Gasteiger charge is -2.08. The van der Waals surface area contributed by atoms with Crippen LogP contribution in [0.5, 0.6) is 5.75 Å². The van der Waals surface area contributed by atoms with Crippen LogP contribution in [0.4, 0.5) is 4.39 Å². The molecule has 2 atom stereocenters. The van der Waals surface area contributed by atoms with E-state index in [-0.39, 0.29) is 23.6 Å². The van der Waals surface area contributed by atoms with Gasteiger partial charge in [-0.25, -0.2) is 4.39 Å². The number of carbonyl (C=O) groups is 2. The first-order valence-corrected chi connectivity index (χ1v) is 8.17. The molecule has 1 aliphatic carbocycles. The van der Waals surface area contributed by atoms with Crippen LogP contribution in [0, 0.1) is 11.7 Å². The Morgan fingerprint density at radius 2 is 1.76 bits per heavy atom. The van der Waals surface area contributed by atoms with Gasteiger partial charge in [-0.3, -0.25) is 20.4 Å². The molecule has 0 spiro atoms. The van der Waals surface area contributed by atoms with Crippen molar-refractivity contribution in [2.45, 2.75) is 19.3 Å². The van der Waals surface area contributed by atoms with Gasteiger partial charge in [0.15, 0.2) is 0 Å². The zero-order valence-electron chi connectivity index (χ0n) is 13.8. The van der Waals surface area contributed by atoms with Gasteiger partial charge in [-0.2, -0.15) is 0 Å². The van der Waals surface area contributed by atoms with Crippen LogP contribution in [0.3, 0.4) is 0 Å². The Labute approximate surface area is 145 Å². The monoisotopic (exact) mass is 342 g/mol. The smallest absolute Gasteiger partial charge is 0.269 e. The van der Waals surface area contributed by atoms with E-state index in [2.05, 4.69) is 10.9 Å². The van der Waals surface area contributed by atoms with E-state index in [0.717, 1.165) is 5.56 Å². The number of carbonyl (C=O) groups excluding carboxylic acids is 2. The zero-order chi connectivity index (χ0) is 17.8. The highest BCUT2D eigenvalue weighted by Crippen LogP contribution is 2.47. The van der Waals surface area contributed by atoms with Crippen molar-refractivity contribution in [2.24, 2.45) is 5.92 Å². The van der Waals surface area contributed by atoms with Crippen LogP contribution in [0.1, 0.15) is 35.2 Å². The third-order valence-corrected chi connectivity index (χ3v) is 4.15. The van der Waals surface area contributed by atoms with Gasteiger partial charge in [0.2, 0.25) is 5.91 Å². The molecule has 2 unspecified atom stereocenters. The Hall–Kier alpha value is -2.89. The summed E-state index contributed by atoms with van der Waals surface area (Å²) in [5.41, 5.74) is 6.22. The van der Waals surface area contributed by atoms with Crippen molar-refractivity contribution in [3.8, 4) is 5.75 Å². The molecule has 25 heavy (non-hydrogen) atoms. The largest absolute Gasteiger partial charge is 0.494 e. The molecule has 130 valence electrons. The van der Waals surface area contributed by atoms with Crippen LogP contribution in [0.2, 0.25) is 0 Å². The predicted molar refractivity (Wildman–Crippen MR) is 90.5 cm³/mol. The normalized spacial score (nSPS) is 18.3. The third kappa shape index (κ3) is 4.15. The molecule has 0 heterocycles. The van der Waals surface area contributed by atoms with Gasteiger partial charge in [0.25, 0.3) is 5.91 Å². The van der Waals surface area contributed by atoms with Crippen LogP contribution in [0.15, 0.2) is 48.5 Å². The number of hydrazine groups is 1. The van der Waals surface area contributed by atoms with Gasteiger partial charge in [-0.05, 0) is 61.2 Å². The molecule has 2 aromatic rings. The van der Waals surface area contributed by atoms with Crippen LogP contribution < -0.4 is 15.6 Å². The molecule has 0 radical (unpaired) electrons. The number of benzene rings is 2. The number of nitrogens with one attached hydrogen (secondary N) is 2. The molecule has 0 bridgehead atoms. The van der Waals surface area contributed by atoms with E-state index >= 15 is 0 Å². The van der Waals surface area contributed by atoms with Crippen LogP contribution in [0.25, 0.3) is 0 Å². The highest BCUT2D eigenvalue weighted by molar-refractivity contribution is 5.96. The molecular formula is C19H19FN2O3. The maximum absolute atomic E-state index is 12.9. The Morgan fingerprint density at radius 3 is 2.40 bits per heavy atom. The molecule has 0 aromatic heterocycles. The number of hydrogen-bond donors (Lipinski definition) is 2. The second kappa shape index (κ2) is 7.34. The van der Waals surface area contributed by atoms with Gasteiger partial charge in [0.1, 0.15) is 11.6 Å². The minimum Gasteiger partial charge on any atom is -0.494 e. The molecule has 5 nitrogen and oxygen atoms in total. The van der Waals surface area contributed by atoms with Crippen LogP contribution in [-0.4, -0.2) is 18.4 Å². The van der Waals surface area contributed by atoms with E-state index in [1.165, 1.54) is 12.1 Å². The summed E-state index contributed by atoms with van der Waals surface area (Å²) >= 11 is 0. The first-order valence-electron chi connectivity index (χ1n) is 8.17. The average molecular weight is 342 g/mol. The first kappa shape index (κ1) is 17.0. The Kier molecular flexibility index (Phi) is 4.97. The third-order valence-electron chi connectivity index (χ3n) is 4.15. The molecule has 2 aromatic carbocycles. The van der Waals surface area contributed by atoms with E-state index in [0.29, 0.717) is 24.3 Å². The lowest BCUT2D eigenvalue weighted by molar-refractivity contribution is -0.123. The molecule has 2 N–H and O–H groups in total. The molecule has 6 heteroatoms. The highest BCUT2D eigenvalue weighted by Gasteiger charge is 2.44. The van der Waals surface area contributed by atoms with Crippen molar-refractivity contribution in [3.05, 3.63) is 65.5 Å². The second-order valence-electron chi connectivity index (χ2n) is 5.90. The van der Waals surface area contributed by atoms with Crippen molar-refractivity contribution in [3.63, 3.8) is 0 Å². The Bertz CT molecular complexity index is 759. The average Bonchev–Trinajstić information content (AvgIpc) is 3.42. The van der Waals surface area contributed by atoms with Gasteiger partial charge >= 0.3 is 0 Å². The summed E-state index contributed by atoms with van der Waals surface area (Å²) < 4.78 is 18.2. The van der Waals surface area contributed by atoms with Gasteiger partial charge in [-0.1, -0.05) is 12.1 Å². The molecular weight excluding hydrogens is 323 g/mol. The number of rotatable bonds is 5. The van der Waals surface area contributed by atoms with Crippen molar-refractivity contribution in [2.75, 3.05) is 6.61 Å². The molecule has 1 fully saturated rings. The summed E-state index contributed by atoms with van der Waals surface area (Å²) in [5.74, 6) is -0.380. The Morgan fingerprint density at radius 1 is 1.08 bits per heavy atom. The minimum atomic E-state index is -0.393. The maximum Gasteiger partial charge on any atom is 0.269 e. The lowest BCUT2D eigenvalue weighted by atomic mass is 10.1. The molecule has 1 aliphatic rings. The molecule has 0 saturated heterocycles. The zero-order valence-corrected chi connectivity index (χ0v) is 13.8. The summed E-state index contributed by atoms with van der Waals surface area (Å²) in [6.45, 7) is 2.44. The SMILES string of the molecule is CCOc1ccc(C(=O)NNC(=O)C2CC2c2ccc(F)cc2)cc1. The summed E-state index contributed by atoms with van der Waals surface area (Å²) in [5, 5.41) is 0. The molecule has 1 saturated carbocycles. The summed E-state index contributed by atoms with van der Waals surface area (Å²) in [4.78, 5) is 24.2. The van der Waals surface area contributed by atoms with Crippen molar-refractivity contribution in [1.29, 1.82) is 0 Å². The number of hydrogen-bond acceptors (Lipinski definition) is 3. The fraction of sp³-hybridized carbons (Fsp3) is 0.263. The van der Waals surface area contributed by atoms with Crippen molar-refractivity contribution in [1.82, 2.24) is 10.9 Å². The number of halogens is 1. The van der Waals surface area contributed by atoms with E-state index in [9.17, 15) is 14.0 Å². The van der Waals surface area contributed by atoms with Gasteiger partial charge < -0.3 is 4.74 Å². The lowest BCUT2D eigenvalue weighted by Crippen LogP contribution is -2.42. The van der Waals surface area contributed by atoms with Crippen molar-refractivity contribution >= 4 is 11.8 Å². The predicted octanol–water partition coefficient (Wildman–Crippen LogP) is 2.79. The topological polar surface area (TPSA) is 67.4 Å². The van der Waals surface area contributed by atoms with Crippen molar-refractivity contribution < 1.29 is 18.7 Å². The maximum atomic E-state index is 12.9. The summed E-state index contributed by atoms with van der Waals surface area (Å²) in [6.07, 6.45) is 0.691. The molecule has 3 rings (SSSR count). The van der Waals surface area contributed by atoms with E-state index in [4.69, 9.17) is 4.74 Å². The van der Waals surface area contributed by atoms with Gasteiger partial charge in [-0.15, -0.1) is 0 Å². The molecule has 0 aliphatic heterocycles. The number of amides is 2. The van der Waals surface area contributed by atoms with E-state index < -0.39 is 5.91 Å². The minimum absolute atomic E-state index is 0.0722. The second-order valence-corrected chi connectivity index (χ2v) is 5.90. The standard InChI is InChI=1S/C19H19FN2O3/c1-2-25-15-9-5-13(6-10-15)18(23)21-22-19(24)17-11-16(17)12-3-7-14(20)8-4-12/h3-10,16-17H,2,11H2,1H3,(H,21,23)(H,22,24). The van der Waals surface area contributed by atoms with Crippen LogP contribution in [-0.2, 0) is 4.79 Å². The van der Waals surface area contributed by atoms with Gasteiger partial charge in [0.05, 0.1) is 6.61 Å². The van der Waals surface area contributed by atoms with E-state index in [1.807, 2.05) is 6.92 Å². The van der Waals surface area contributed by atoms with Crippen LogP contribution >= 0.6 is 0 Å². The fourth-order valence-electron chi connectivity index (χ4n) is 2.72.